The van der Waals surface area contributed by atoms with Gasteiger partial charge in [0.2, 0.25) is 0 Å². The van der Waals surface area contributed by atoms with Crippen LogP contribution in [0.2, 0.25) is 5.02 Å². The van der Waals surface area contributed by atoms with E-state index in [0.717, 1.165) is 69.6 Å². The highest BCUT2D eigenvalue weighted by atomic mass is 127. The number of nitrogens with one attached hydrogen (secondary N) is 2. The molecule has 0 bridgehead atoms. The zero-order valence-electron chi connectivity index (χ0n) is 15.8. The van der Waals surface area contributed by atoms with Crippen molar-refractivity contribution in [2.24, 2.45) is 4.99 Å². The quantitative estimate of drug-likeness (QED) is 0.237. The summed E-state index contributed by atoms with van der Waals surface area (Å²) in [6.45, 7) is 9.44. The van der Waals surface area contributed by atoms with Gasteiger partial charge < -0.3 is 20.3 Å². The van der Waals surface area contributed by atoms with Gasteiger partial charge in [-0.25, -0.2) is 0 Å². The lowest BCUT2D eigenvalue weighted by Crippen LogP contribution is -2.44. The van der Waals surface area contributed by atoms with E-state index in [9.17, 15) is 0 Å². The van der Waals surface area contributed by atoms with Crippen LogP contribution in [0.1, 0.15) is 33.1 Å². The largest absolute Gasteiger partial charge is 0.382 e. The summed E-state index contributed by atoms with van der Waals surface area (Å²) in [5, 5.41) is 7.70. The molecule has 1 aliphatic rings. The first-order valence-corrected chi connectivity index (χ1v) is 9.73. The molecule has 0 saturated carbocycles. The van der Waals surface area contributed by atoms with Crippen LogP contribution in [0.3, 0.4) is 0 Å². The Labute approximate surface area is 179 Å². The Balaban J connectivity index is 0.00000338. The molecule has 0 radical (unpaired) electrons. The second-order valence-corrected chi connectivity index (χ2v) is 6.66. The van der Waals surface area contributed by atoms with Crippen LogP contribution >= 0.6 is 35.6 Å². The Bertz CT molecular complexity index is 544. The van der Waals surface area contributed by atoms with E-state index in [-0.39, 0.29) is 24.0 Å². The van der Waals surface area contributed by atoms with Crippen LogP contribution in [0.4, 0.5) is 5.69 Å². The molecular formula is C19H32ClIN4O. The first-order valence-electron chi connectivity index (χ1n) is 9.36. The number of benzene rings is 1. The van der Waals surface area contributed by atoms with Gasteiger partial charge in [-0.2, -0.15) is 0 Å². The third kappa shape index (κ3) is 8.31. The highest BCUT2D eigenvalue weighted by Gasteiger charge is 2.23. The number of guanidine groups is 1. The SMILES string of the molecule is CCNC(=NCCCCOCC)NC1CCN(c2cccc(Cl)c2)C1.I. The van der Waals surface area contributed by atoms with Crippen LogP contribution in [0.25, 0.3) is 0 Å². The van der Waals surface area contributed by atoms with Crippen molar-refractivity contribution < 1.29 is 4.74 Å². The molecule has 1 aromatic rings. The maximum absolute atomic E-state index is 6.11. The van der Waals surface area contributed by atoms with Gasteiger partial charge >= 0.3 is 0 Å². The van der Waals surface area contributed by atoms with Gasteiger partial charge in [0.05, 0.1) is 0 Å². The van der Waals surface area contributed by atoms with E-state index in [1.165, 1.54) is 5.69 Å². The summed E-state index contributed by atoms with van der Waals surface area (Å²) in [6.07, 6.45) is 3.21. The second kappa shape index (κ2) is 13.4. The lowest BCUT2D eigenvalue weighted by molar-refractivity contribution is 0.144. The summed E-state index contributed by atoms with van der Waals surface area (Å²) in [5.41, 5.74) is 1.19. The Morgan fingerprint density at radius 1 is 1.35 bits per heavy atom. The number of unbranched alkanes of at least 4 members (excludes halogenated alkanes) is 1. The van der Waals surface area contributed by atoms with Gasteiger partial charge in [-0.1, -0.05) is 17.7 Å². The van der Waals surface area contributed by atoms with Crippen molar-refractivity contribution in [3.05, 3.63) is 29.3 Å². The molecule has 1 unspecified atom stereocenters. The summed E-state index contributed by atoms with van der Waals surface area (Å²) in [7, 11) is 0. The molecular weight excluding hydrogens is 463 g/mol. The molecule has 0 aliphatic carbocycles. The van der Waals surface area contributed by atoms with Gasteiger partial charge in [0, 0.05) is 56.1 Å². The predicted octanol–water partition coefficient (Wildman–Crippen LogP) is 3.91. The van der Waals surface area contributed by atoms with E-state index < -0.39 is 0 Å². The van der Waals surface area contributed by atoms with Crippen LogP contribution in [0, 0.1) is 0 Å². The molecule has 1 fully saturated rings. The van der Waals surface area contributed by atoms with Gasteiger partial charge in [0.15, 0.2) is 5.96 Å². The van der Waals surface area contributed by atoms with E-state index in [1.54, 1.807) is 0 Å². The van der Waals surface area contributed by atoms with E-state index in [4.69, 9.17) is 16.3 Å². The number of hydrogen-bond acceptors (Lipinski definition) is 3. The Morgan fingerprint density at radius 3 is 2.92 bits per heavy atom. The highest BCUT2D eigenvalue weighted by Crippen LogP contribution is 2.23. The first kappa shape index (κ1) is 23.3. The summed E-state index contributed by atoms with van der Waals surface area (Å²) >= 11 is 6.11. The molecule has 2 N–H and O–H groups in total. The van der Waals surface area contributed by atoms with E-state index in [2.05, 4.69) is 33.5 Å². The third-order valence-electron chi connectivity index (χ3n) is 4.22. The van der Waals surface area contributed by atoms with Crippen molar-refractivity contribution in [3.63, 3.8) is 0 Å². The fraction of sp³-hybridized carbons (Fsp3) is 0.632. The van der Waals surface area contributed by atoms with Crippen LogP contribution in [0.15, 0.2) is 29.3 Å². The molecule has 1 aromatic carbocycles. The molecule has 5 nitrogen and oxygen atoms in total. The molecule has 1 aliphatic heterocycles. The fourth-order valence-electron chi connectivity index (χ4n) is 2.95. The molecule has 1 heterocycles. The second-order valence-electron chi connectivity index (χ2n) is 6.22. The van der Waals surface area contributed by atoms with Gasteiger partial charge in [0.1, 0.15) is 0 Å². The van der Waals surface area contributed by atoms with E-state index in [1.807, 2.05) is 25.1 Å². The predicted molar refractivity (Wildman–Crippen MR) is 122 cm³/mol. The van der Waals surface area contributed by atoms with Crippen molar-refractivity contribution in [2.45, 2.75) is 39.2 Å². The van der Waals surface area contributed by atoms with Crippen molar-refractivity contribution in [2.75, 3.05) is 44.3 Å². The summed E-state index contributed by atoms with van der Waals surface area (Å²) in [4.78, 5) is 7.06. The standard InChI is InChI=1S/C19H31ClN4O.HI/c1-3-21-19(22-11-5-6-13-25-4-2)23-17-10-12-24(15-17)18-9-7-8-16(20)14-18;/h7-9,14,17H,3-6,10-13,15H2,1-2H3,(H2,21,22,23);1H. The molecule has 1 atom stereocenters. The minimum absolute atomic E-state index is 0. The normalized spacial score (nSPS) is 17.1. The average Bonchev–Trinajstić information content (AvgIpc) is 3.06. The molecule has 2 rings (SSSR count). The Hall–Kier alpha value is -0.730. The van der Waals surface area contributed by atoms with Crippen molar-refractivity contribution in [3.8, 4) is 0 Å². The molecule has 1 saturated heterocycles. The molecule has 148 valence electrons. The maximum atomic E-state index is 6.11. The minimum Gasteiger partial charge on any atom is -0.382 e. The van der Waals surface area contributed by atoms with Crippen molar-refractivity contribution >= 4 is 47.2 Å². The number of anilines is 1. The number of ether oxygens (including phenoxy) is 1. The van der Waals surface area contributed by atoms with Crippen LogP contribution in [0.5, 0.6) is 0 Å². The summed E-state index contributed by atoms with van der Waals surface area (Å²) < 4.78 is 5.36. The first-order chi connectivity index (χ1) is 12.2. The summed E-state index contributed by atoms with van der Waals surface area (Å²) in [6, 6.07) is 8.47. The molecule has 26 heavy (non-hydrogen) atoms. The molecule has 0 spiro atoms. The van der Waals surface area contributed by atoms with Gasteiger partial charge in [-0.3, -0.25) is 4.99 Å². The topological polar surface area (TPSA) is 48.9 Å². The van der Waals surface area contributed by atoms with Crippen LogP contribution < -0.4 is 15.5 Å². The number of nitrogens with zero attached hydrogens (tertiary/aromatic N) is 2. The number of rotatable bonds is 9. The van der Waals surface area contributed by atoms with Gasteiger partial charge in [-0.05, 0) is 51.3 Å². The lowest BCUT2D eigenvalue weighted by Gasteiger charge is -2.20. The van der Waals surface area contributed by atoms with Crippen molar-refractivity contribution in [1.29, 1.82) is 0 Å². The molecule has 0 amide bonds. The van der Waals surface area contributed by atoms with Crippen LogP contribution in [-0.4, -0.2) is 51.4 Å². The molecule has 7 heteroatoms. The minimum atomic E-state index is 0. The number of halogens is 2. The Morgan fingerprint density at radius 2 is 2.19 bits per heavy atom. The van der Waals surface area contributed by atoms with Gasteiger partial charge in [0.25, 0.3) is 0 Å². The zero-order chi connectivity index (χ0) is 17.9. The number of aliphatic imine (C=N–C) groups is 1. The Kier molecular flexibility index (Phi) is 12.0. The maximum Gasteiger partial charge on any atom is 0.191 e. The van der Waals surface area contributed by atoms with Gasteiger partial charge in [-0.15, -0.1) is 24.0 Å². The highest BCUT2D eigenvalue weighted by molar-refractivity contribution is 14.0. The van der Waals surface area contributed by atoms with Crippen molar-refractivity contribution in [1.82, 2.24) is 10.6 Å². The average molecular weight is 495 g/mol. The summed E-state index contributed by atoms with van der Waals surface area (Å²) in [5.74, 6) is 0.914. The third-order valence-corrected chi connectivity index (χ3v) is 4.45. The fourth-order valence-corrected chi connectivity index (χ4v) is 3.13. The smallest absolute Gasteiger partial charge is 0.191 e. The lowest BCUT2D eigenvalue weighted by atomic mass is 10.2. The zero-order valence-corrected chi connectivity index (χ0v) is 18.9. The number of hydrogen-bond donors (Lipinski definition) is 2. The molecule has 0 aromatic heterocycles. The van der Waals surface area contributed by atoms with E-state index in [0.29, 0.717) is 6.04 Å². The monoisotopic (exact) mass is 494 g/mol. The van der Waals surface area contributed by atoms with Crippen LogP contribution in [-0.2, 0) is 4.74 Å². The van der Waals surface area contributed by atoms with E-state index >= 15 is 0 Å².